The van der Waals surface area contributed by atoms with Crippen LogP contribution in [0.25, 0.3) is 0 Å². The molecule has 0 aromatic rings. The number of hydrogen-bond donors (Lipinski definition) is 1. The van der Waals surface area contributed by atoms with Crippen molar-refractivity contribution < 1.29 is 4.74 Å². The Bertz CT molecular complexity index is 249. The van der Waals surface area contributed by atoms with E-state index in [1.54, 1.807) is 0 Å². The van der Waals surface area contributed by atoms with Gasteiger partial charge in [-0.05, 0) is 31.2 Å². The summed E-state index contributed by atoms with van der Waals surface area (Å²) in [5, 5.41) is 3.63. The maximum Gasteiger partial charge on any atom is 0.0710 e. The fourth-order valence-corrected chi connectivity index (χ4v) is 3.87. The summed E-state index contributed by atoms with van der Waals surface area (Å²) in [5.41, 5.74) is 0.523. The van der Waals surface area contributed by atoms with Crippen molar-refractivity contribution in [3.63, 3.8) is 0 Å². The molecule has 2 aliphatic rings. The van der Waals surface area contributed by atoms with Gasteiger partial charge in [-0.1, -0.05) is 32.6 Å². The number of ether oxygens (including phenoxy) is 1. The first-order valence-corrected chi connectivity index (χ1v) is 8.24. The second-order valence-electron chi connectivity index (χ2n) is 6.58. The molecule has 1 aliphatic heterocycles. The maximum absolute atomic E-state index is 5.51. The molecule has 0 aromatic heterocycles. The molecule has 0 amide bonds. The molecule has 0 aromatic carbocycles. The van der Waals surface area contributed by atoms with Crippen LogP contribution in [-0.4, -0.2) is 50.8 Å². The van der Waals surface area contributed by atoms with Crippen molar-refractivity contribution in [1.82, 2.24) is 10.2 Å². The summed E-state index contributed by atoms with van der Waals surface area (Å²) in [7, 11) is 1.86. The van der Waals surface area contributed by atoms with Gasteiger partial charge < -0.3 is 15.0 Å². The Balaban J connectivity index is 1.92. The van der Waals surface area contributed by atoms with Gasteiger partial charge in [0.25, 0.3) is 0 Å². The Morgan fingerprint density at radius 2 is 1.95 bits per heavy atom. The van der Waals surface area contributed by atoms with E-state index in [9.17, 15) is 0 Å². The molecule has 1 heterocycles. The first-order valence-electron chi connectivity index (χ1n) is 8.24. The zero-order valence-electron chi connectivity index (χ0n) is 12.9. The molecule has 2 rings (SSSR count). The van der Waals surface area contributed by atoms with Gasteiger partial charge in [0.1, 0.15) is 0 Å². The van der Waals surface area contributed by atoms with Gasteiger partial charge in [0.2, 0.25) is 0 Å². The molecule has 0 bridgehead atoms. The molecule has 1 saturated carbocycles. The van der Waals surface area contributed by atoms with Crippen molar-refractivity contribution in [2.75, 3.05) is 39.8 Å². The highest BCUT2D eigenvalue weighted by atomic mass is 16.5. The minimum atomic E-state index is 0.474. The predicted molar refractivity (Wildman–Crippen MR) is 80.5 cm³/mol. The predicted octanol–water partition coefficient (Wildman–Crippen LogP) is 2.66. The van der Waals surface area contributed by atoms with Gasteiger partial charge in [0.05, 0.1) is 6.10 Å². The molecule has 112 valence electrons. The van der Waals surface area contributed by atoms with Crippen LogP contribution in [0.3, 0.4) is 0 Å². The highest BCUT2D eigenvalue weighted by Gasteiger charge is 2.34. The van der Waals surface area contributed by atoms with E-state index < -0.39 is 0 Å². The topological polar surface area (TPSA) is 24.5 Å². The van der Waals surface area contributed by atoms with Crippen molar-refractivity contribution in [3.05, 3.63) is 0 Å². The first-order chi connectivity index (χ1) is 9.28. The van der Waals surface area contributed by atoms with Crippen molar-refractivity contribution >= 4 is 0 Å². The summed E-state index contributed by atoms with van der Waals surface area (Å²) in [6.45, 7) is 8.18. The molecule has 0 spiro atoms. The van der Waals surface area contributed by atoms with Crippen molar-refractivity contribution in [3.8, 4) is 0 Å². The van der Waals surface area contributed by atoms with E-state index in [-0.39, 0.29) is 0 Å². The van der Waals surface area contributed by atoms with E-state index >= 15 is 0 Å². The van der Waals surface area contributed by atoms with Gasteiger partial charge in [0, 0.05) is 33.3 Å². The van der Waals surface area contributed by atoms with E-state index in [0.29, 0.717) is 11.5 Å². The molecule has 1 N–H and O–H groups in total. The first kappa shape index (κ1) is 15.3. The molecular weight excluding hydrogens is 236 g/mol. The average molecular weight is 268 g/mol. The van der Waals surface area contributed by atoms with Crippen LogP contribution in [0.5, 0.6) is 0 Å². The molecule has 3 nitrogen and oxygen atoms in total. The largest absolute Gasteiger partial charge is 0.380 e. The van der Waals surface area contributed by atoms with Crippen molar-refractivity contribution in [2.24, 2.45) is 5.41 Å². The fraction of sp³-hybridized carbons (Fsp3) is 1.00. The van der Waals surface area contributed by atoms with Crippen LogP contribution in [-0.2, 0) is 4.74 Å². The van der Waals surface area contributed by atoms with Gasteiger partial charge in [-0.15, -0.1) is 0 Å². The van der Waals surface area contributed by atoms with E-state index in [1.807, 2.05) is 7.11 Å². The number of rotatable bonds is 6. The van der Waals surface area contributed by atoms with Gasteiger partial charge in [-0.3, -0.25) is 0 Å². The van der Waals surface area contributed by atoms with Crippen LogP contribution in [0.15, 0.2) is 0 Å². The lowest BCUT2D eigenvalue weighted by atomic mass is 9.79. The highest BCUT2D eigenvalue weighted by molar-refractivity contribution is 4.89. The summed E-state index contributed by atoms with van der Waals surface area (Å²) in [6, 6.07) is 0. The molecule has 1 atom stereocenters. The molecular formula is C16H32N2O. The Morgan fingerprint density at radius 3 is 2.53 bits per heavy atom. The van der Waals surface area contributed by atoms with Gasteiger partial charge in [0.15, 0.2) is 0 Å². The SMILES string of the molecule is CCNCC1(CN2CCC(OC)C2)CCCCCC1. The van der Waals surface area contributed by atoms with Gasteiger partial charge >= 0.3 is 0 Å². The highest BCUT2D eigenvalue weighted by Crippen LogP contribution is 2.36. The van der Waals surface area contributed by atoms with Crippen LogP contribution in [0.1, 0.15) is 51.9 Å². The van der Waals surface area contributed by atoms with E-state index in [4.69, 9.17) is 4.74 Å². The van der Waals surface area contributed by atoms with E-state index in [0.717, 1.165) is 13.1 Å². The van der Waals surface area contributed by atoms with E-state index in [2.05, 4.69) is 17.1 Å². The fourth-order valence-electron chi connectivity index (χ4n) is 3.87. The van der Waals surface area contributed by atoms with Crippen LogP contribution in [0.2, 0.25) is 0 Å². The Morgan fingerprint density at radius 1 is 1.21 bits per heavy atom. The Hall–Kier alpha value is -0.120. The molecule has 2 fully saturated rings. The number of methoxy groups -OCH3 is 1. The quantitative estimate of drug-likeness (QED) is 0.750. The van der Waals surface area contributed by atoms with Crippen molar-refractivity contribution in [1.29, 1.82) is 0 Å². The molecule has 1 unspecified atom stereocenters. The monoisotopic (exact) mass is 268 g/mol. The van der Waals surface area contributed by atoms with E-state index in [1.165, 1.54) is 64.6 Å². The number of hydrogen-bond acceptors (Lipinski definition) is 3. The normalized spacial score (nSPS) is 28.4. The van der Waals surface area contributed by atoms with Crippen LogP contribution in [0, 0.1) is 5.41 Å². The molecule has 0 radical (unpaired) electrons. The zero-order valence-corrected chi connectivity index (χ0v) is 12.9. The van der Waals surface area contributed by atoms with Crippen molar-refractivity contribution in [2.45, 2.75) is 58.0 Å². The minimum Gasteiger partial charge on any atom is -0.380 e. The summed E-state index contributed by atoms with van der Waals surface area (Å²) >= 11 is 0. The number of nitrogens with one attached hydrogen (secondary N) is 1. The molecule has 3 heteroatoms. The third-order valence-electron chi connectivity index (χ3n) is 5.04. The lowest BCUT2D eigenvalue weighted by Crippen LogP contribution is -2.43. The summed E-state index contributed by atoms with van der Waals surface area (Å²) in [6.07, 6.45) is 10.2. The second-order valence-corrected chi connectivity index (χ2v) is 6.58. The third-order valence-corrected chi connectivity index (χ3v) is 5.04. The lowest BCUT2D eigenvalue weighted by molar-refractivity contribution is 0.0922. The summed E-state index contributed by atoms with van der Waals surface area (Å²) in [5.74, 6) is 0. The Labute approximate surface area is 119 Å². The second kappa shape index (κ2) is 7.61. The summed E-state index contributed by atoms with van der Waals surface area (Å²) < 4.78 is 5.51. The molecule has 19 heavy (non-hydrogen) atoms. The van der Waals surface area contributed by atoms with Gasteiger partial charge in [-0.2, -0.15) is 0 Å². The number of nitrogens with zero attached hydrogens (tertiary/aromatic N) is 1. The summed E-state index contributed by atoms with van der Waals surface area (Å²) in [4.78, 5) is 2.65. The average Bonchev–Trinajstić information content (AvgIpc) is 2.75. The lowest BCUT2D eigenvalue weighted by Gasteiger charge is -2.37. The smallest absolute Gasteiger partial charge is 0.0710 e. The third kappa shape index (κ3) is 4.44. The minimum absolute atomic E-state index is 0.474. The Kier molecular flexibility index (Phi) is 6.11. The van der Waals surface area contributed by atoms with Gasteiger partial charge in [-0.25, -0.2) is 0 Å². The standard InChI is InChI=1S/C16H32N2O/c1-3-17-13-16(9-6-4-5-7-10-16)14-18-11-8-15(12-18)19-2/h15,17H,3-14H2,1-2H3. The van der Waals surface area contributed by atoms with Crippen LogP contribution >= 0.6 is 0 Å². The zero-order chi connectivity index (χ0) is 13.6. The number of likely N-dealkylation sites (tertiary alicyclic amines) is 1. The molecule has 1 saturated heterocycles. The van der Waals surface area contributed by atoms with Crippen LogP contribution < -0.4 is 5.32 Å². The maximum atomic E-state index is 5.51. The molecule has 1 aliphatic carbocycles. The van der Waals surface area contributed by atoms with Crippen LogP contribution in [0.4, 0.5) is 0 Å².